The van der Waals surface area contributed by atoms with Crippen LogP contribution < -0.4 is 4.90 Å². The third-order valence-electron chi connectivity index (χ3n) is 5.21. The summed E-state index contributed by atoms with van der Waals surface area (Å²) < 4.78 is 1.80. The molecular weight excluding hydrogens is 304 g/mol. The Morgan fingerprint density at radius 3 is 2.46 bits per heavy atom. The molecule has 2 atom stereocenters. The van der Waals surface area contributed by atoms with Gasteiger partial charge in [-0.15, -0.1) is 0 Å². The van der Waals surface area contributed by atoms with Gasteiger partial charge >= 0.3 is 0 Å². The fourth-order valence-corrected chi connectivity index (χ4v) is 3.89. The van der Waals surface area contributed by atoms with Crippen molar-refractivity contribution in [3.63, 3.8) is 0 Å². The molecule has 7 nitrogen and oxygen atoms in total. The highest BCUT2D eigenvalue weighted by atomic mass is 16.3. The van der Waals surface area contributed by atoms with Crippen LogP contribution in [0.5, 0.6) is 0 Å². The summed E-state index contributed by atoms with van der Waals surface area (Å²) in [6, 6.07) is 10.3. The molecule has 2 fully saturated rings. The minimum atomic E-state index is -0.167. The van der Waals surface area contributed by atoms with Crippen molar-refractivity contribution >= 4 is 5.95 Å². The van der Waals surface area contributed by atoms with E-state index in [1.54, 1.807) is 4.68 Å². The van der Waals surface area contributed by atoms with Gasteiger partial charge in [-0.1, -0.05) is 36.1 Å². The molecule has 1 aliphatic carbocycles. The summed E-state index contributed by atoms with van der Waals surface area (Å²) in [5.41, 5.74) is 0.975. The number of para-hydroxylation sites is 1. The zero-order valence-electron chi connectivity index (χ0n) is 13.8. The van der Waals surface area contributed by atoms with Gasteiger partial charge in [0.25, 0.3) is 0 Å². The van der Waals surface area contributed by atoms with E-state index in [1.165, 1.54) is 6.42 Å². The third-order valence-corrected chi connectivity index (χ3v) is 5.21. The molecule has 1 aliphatic heterocycles. The van der Waals surface area contributed by atoms with Crippen molar-refractivity contribution in [3.8, 4) is 5.69 Å². The first kappa shape index (κ1) is 15.5. The van der Waals surface area contributed by atoms with E-state index in [9.17, 15) is 5.11 Å². The lowest BCUT2D eigenvalue weighted by molar-refractivity contribution is 0.0171. The van der Waals surface area contributed by atoms with Gasteiger partial charge in [-0.25, -0.2) is 0 Å². The Bertz CT molecular complexity index is 652. The van der Waals surface area contributed by atoms with E-state index in [0.29, 0.717) is 6.04 Å². The zero-order valence-corrected chi connectivity index (χ0v) is 13.8. The number of aromatic nitrogens is 4. The lowest BCUT2D eigenvalue weighted by atomic mass is 9.91. The summed E-state index contributed by atoms with van der Waals surface area (Å²) in [5.74, 6) is 0.796. The predicted molar refractivity (Wildman–Crippen MR) is 91.2 cm³/mol. The van der Waals surface area contributed by atoms with Crippen molar-refractivity contribution < 1.29 is 5.11 Å². The normalized spacial score (nSPS) is 25.8. The standard InChI is InChI=1S/C17H24N6O/c24-16-9-5-4-8-15(16)21-10-12-22(13-11-21)17-18-19-20-23(17)14-6-2-1-3-7-14/h1-3,6-7,15-16,24H,4-5,8-13H2. The maximum absolute atomic E-state index is 10.3. The number of anilines is 1. The lowest BCUT2D eigenvalue weighted by Crippen LogP contribution is -2.54. The molecule has 2 aromatic rings. The van der Waals surface area contributed by atoms with Crippen LogP contribution in [0.2, 0.25) is 0 Å². The number of rotatable bonds is 3. The number of benzene rings is 1. The number of nitrogens with zero attached hydrogens (tertiary/aromatic N) is 6. The van der Waals surface area contributed by atoms with Crippen LogP contribution in [0.4, 0.5) is 5.95 Å². The fourth-order valence-electron chi connectivity index (χ4n) is 3.89. The number of hydrogen-bond donors (Lipinski definition) is 1. The first-order valence-electron chi connectivity index (χ1n) is 8.84. The third kappa shape index (κ3) is 3.01. The van der Waals surface area contributed by atoms with E-state index in [-0.39, 0.29) is 6.10 Å². The van der Waals surface area contributed by atoms with Crippen LogP contribution in [0.3, 0.4) is 0 Å². The van der Waals surface area contributed by atoms with Gasteiger partial charge in [0.05, 0.1) is 11.8 Å². The van der Waals surface area contributed by atoms with E-state index in [4.69, 9.17) is 0 Å². The van der Waals surface area contributed by atoms with Crippen LogP contribution in [0.15, 0.2) is 30.3 Å². The molecule has 0 radical (unpaired) electrons. The minimum absolute atomic E-state index is 0.167. The molecule has 0 spiro atoms. The van der Waals surface area contributed by atoms with Gasteiger partial charge in [-0.2, -0.15) is 4.68 Å². The average Bonchev–Trinajstić information content (AvgIpc) is 3.13. The zero-order chi connectivity index (χ0) is 16.4. The summed E-state index contributed by atoms with van der Waals surface area (Å²) in [7, 11) is 0. The molecular formula is C17H24N6O. The van der Waals surface area contributed by atoms with Gasteiger partial charge in [-0.05, 0) is 35.4 Å². The molecule has 1 N–H and O–H groups in total. The van der Waals surface area contributed by atoms with Gasteiger partial charge in [-0.3, -0.25) is 4.90 Å². The molecule has 7 heteroatoms. The molecule has 0 amide bonds. The summed E-state index contributed by atoms with van der Waals surface area (Å²) in [5, 5.41) is 22.5. The van der Waals surface area contributed by atoms with Crippen molar-refractivity contribution in [2.24, 2.45) is 0 Å². The molecule has 1 aromatic heterocycles. The molecule has 2 unspecified atom stereocenters. The van der Waals surface area contributed by atoms with Crippen LogP contribution in [-0.4, -0.2) is 68.5 Å². The van der Waals surface area contributed by atoms with Gasteiger partial charge in [0, 0.05) is 32.2 Å². The van der Waals surface area contributed by atoms with Gasteiger partial charge in [0.2, 0.25) is 5.95 Å². The van der Waals surface area contributed by atoms with E-state index >= 15 is 0 Å². The Kier molecular flexibility index (Phi) is 4.44. The Morgan fingerprint density at radius 2 is 1.71 bits per heavy atom. The van der Waals surface area contributed by atoms with Gasteiger partial charge in [0.1, 0.15) is 0 Å². The Labute approximate surface area is 141 Å². The summed E-state index contributed by atoms with van der Waals surface area (Å²) in [4.78, 5) is 4.68. The highest BCUT2D eigenvalue weighted by Crippen LogP contribution is 2.25. The predicted octanol–water partition coefficient (Wildman–Crippen LogP) is 1.09. The lowest BCUT2D eigenvalue weighted by Gasteiger charge is -2.42. The molecule has 1 aromatic carbocycles. The topological polar surface area (TPSA) is 70.3 Å². The molecule has 1 saturated heterocycles. The number of tetrazole rings is 1. The minimum Gasteiger partial charge on any atom is -0.391 e. The average molecular weight is 328 g/mol. The second-order valence-corrected chi connectivity index (χ2v) is 6.67. The molecule has 2 aliphatic rings. The molecule has 4 rings (SSSR count). The first-order chi connectivity index (χ1) is 11.8. The monoisotopic (exact) mass is 328 g/mol. The Morgan fingerprint density at radius 1 is 0.958 bits per heavy atom. The summed E-state index contributed by atoms with van der Waals surface area (Å²) in [6.45, 7) is 3.67. The van der Waals surface area contributed by atoms with Crippen molar-refractivity contribution in [2.45, 2.75) is 37.8 Å². The van der Waals surface area contributed by atoms with Crippen LogP contribution in [0.1, 0.15) is 25.7 Å². The highest BCUT2D eigenvalue weighted by molar-refractivity contribution is 5.40. The van der Waals surface area contributed by atoms with Crippen LogP contribution in [0.25, 0.3) is 5.69 Å². The van der Waals surface area contributed by atoms with Crippen molar-refractivity contribution in [3.05, 3.63) is 30.3 Å². The smallest absolute Gasteiger partial charge is 0.250 e. The van der Waals surface area contributed by atoms with E-state index in [2.05, 4.69) is 25.3 Å². The van der Waals surface area contributed by atoms with Crippen molar-refractivity contribution in [1.29, 1.82) is 0 Å². The molecule has 1 saturated carbocycles. The molecule has 128 valence electrons. The van der Waals surface area contributed by atoms with Gasteiger partial charge in [0.15, 0.2) is 0 Å². The maximum atomic E-state index is 10.3. The highest BCUT2D eigenvalue weighted by Gasteiger charge is 2.31. The Balaban J connectivity index is 1.44. The quantitative estimate of drug-likeness (QED) is 0.909. The van der Waals surface area contributed by atoms with Crippen LogP contribution in [-0.2, 0) is 0 Å². The largest absolute Gasteiger partial charge is 0.391 e. The number of hydrogen-bond acceptors (Lipinski definition) is 6. The summed E-state index contributed by atoms with van der Waals surface area (Å²) in [6.07, 6.45) is 4.28. The number of aliphatic hydroxyl groups excluding tert-OH is 1. The van der Waals surface area contributed by atoms with Crippen LogP contribution >= 0.6 is 0 Å². The first-order valence-corrected chi connectivity index (χ1v) is 8.84. The second kappa shape index (κ2) is 6.86. The van der Waals surface area contributed by atoms with E-state index < -0.39 is 0 Å². The van der Waals surface area contributed by atoms with E-state index in [0.717, 1.165) is 57.1 Å². The van der Waals surface area contributed by atoms with E-state index in [1.807, 2.05) is 30.3 Å². The van der Waals surface area contributed by atoms with Crippen LogP contribution in [0, 0.1) is 0 Å². The molecule has 2 heterocycles. The maximum Gasteiger partial charge on any atom is 0.250 e. The Hall–Kier alpha value is -1.99. The van der Waals surface area contributed by atoms with Crippen molar-refractivity contribution in [2.75, 3.05) is 31.1 Å². The van der Waals surface area contributed by atoms with Crippen molar-refractivity contribution in [1.82, 2.24) is 25.1 Å². The second-order valence-electron chi connectivity index (χ2n) is 6.67. The fraction of sp³-hybridized carbons (Fsp3) is 0.588. The summed E-state index contributed by atoms with van der Waals surface area (Å²) >= 11 is 0. The number of piperazine rings is 1. The number of aliphatic hydroxyl groups is 1. The molecule has 24 heavy (non-hydrogen) atoms. The molecule has 0 bridgehead atoms. The van der Waals surface area contributed by atoms with Gasteiger partial charge < -0.3 is 10.0 Å². The SMILES string of the molecule is OC1CCCCC1N1CCN(c2nnnn2-c2ccccc2)CC1.